The molecule has 5 heteroatoms. The molecule has 0 amide bonds. The van der Waals surface area contributed by atoms with Crippen LogP contribution in [-0.2, 0) is 22.7 Å². The standard InChI is InChI=1S/C25H29N3O2/c1-5-23(10-8-9-18(2)20(4)29)30-17-22-14-13-21(15-19(22)3)16-27-24-11-6-7-12-25(24)28-26/h1,6-15,23,27-28H,16-17,26H2,2-4H3/b10-8-,18-9+. The number of ketones is 1. The van der Waals surface area contributed by atoms with Gasteiger partial charge in [0.15, 0.2) is 5.78 Å². The minimum atomic E-state index is -0.456. The lowest BCUT2D eigenvalue weighted by Crippen LogP contribution is -2.10. The van der Waals surface area contributed by atoms with Gasteiger partial charge in [0.05, 0.1) is 18.0 Å². The third-order valence-corrected chi connectivity index (χ3v) is 4.74. The predicted octanol–water partition coefficient (Wildman–Crippen LogP) is 4.50. The van der Waals surface area contributed by atoms with E-state index in [1.54, 1.807) is 25.2 Å². The normalized spacial score (nSPS) is 12.4. The van der Waals surface area contributed by atoms with E-state index in [0.717, 1.165) is 28.1 Å². The number of nitrogen functional groups attached to an aromatic ring is 1. The number of benzene rings is 2. The highest BCUT2D eigenvalue weighted by Crippen LogP contribution is 2.21. The molecule has 0 bridgehead atoms. The number of ether oxygens (including phenoxy) is 1. The molecular weight excluding hydrogens is 374 g/mol. The molecule has 0 aliphatic carbocycles. The van der Waals surface area contributed by atoms with E-state index in [1.807, 2.05) is 24.3 Å². The molecule has 0 heterocycles. The number of rotatable bonds is 10. The summed E-state index contributed by atoms with van der Waals surface area (Å²) >= 11 is 0. The summed E-state index contributed by atoms with van der Waals surface area (Å²) in [6, 6.07) is 14.0. The molecule has 5 nitrogen and oxygen atoms in total. The van der Waals surface area contributed by atoms with Gasteiger partial charge in [-0.25, -0.2) is 0 Å². The first-order chi connectivity index (χ1) is 14.4. The van der Waals surface area contributed by atoms with E-state index in [9.17, 15) is 4.79 Å². The highest BCUT2D eigenvalue weighted by molar-refractivity contribution is 5.92. The molecule has 0 fully saturated rings. The number of nitrogens with one attached hydrogen (secondary N) is 2. The first-order valence-electron chi connectivity index (χ1n) is 9.76. The van der Waals surface area contributed by atoms with E-state index >= 15 is 0 Å². The molecule has 2 aromatic rings. The second-order valence-electron chi connectivity index (χ2n) is 6.99. The Bertz CT molecular complexity index is 971. The van der Waals surface area contributed by atoms with Crippen molar-refractivity contribution in [3.8, 4) is 12.3 Å². The van der Waals surface area contributed by atoms with E-state index in [2.05, 4.69) is 41.8 Å². The number of carbonyl (C=O) groups excluding carboxylic acids is 1. The van der Waals surface area contributed by atoms with E-state index in [0.29, 0.717) is 18.7 Å². The minimum Gasteiger partial charge on any atom is -0.379 e. The molecule has 0 spiro atoms. The van der Waals surface area contributed by atoms with Gasteiger partial charge < -0.3 is 15.5 Å². The molecule has 0 radical (unpaired) electrons. The molecule has 0 aliphatic rings. The predicted molar refractivity (Wildman–Crippen MR) is 124 cm³/mol. The molecule has 4 N–H and O–H groups in total. The molecule has 0 saturated heterocycles. The lowest BCUT2D eigenvalue weighted by molar-refractivity contribution is -0.113. The largest absolute Gasteiger partial charge is 0.379 e. The highest BCUT2D eigenvalue weighted by Gasteiger charge is 2.06. The third-order valence-electron chi connectivity index (χ3n) is 4.74. The van der Waals surface area contributed by atoms with Crippen LogP contribution in [0.25, 0.3) is 0 Å². The van der Waals surface area contributed by atoms with Crippen LogP contribution in [0.15, 0.2) is 66.3 Å². The summed E-state index contributed by atoms with van der Waals surface area (Å²) in [4.78, 5) is 11.2. The number of para-hydroxylation sites is 2. The molecule has 0 aliphatic heterocycles. The summed E-state index contributed by atoms with van der Waals surface area (Å²) in [6.45, 7) is 6.44. The molecule has 30 heavy (non-hydrogen) atoms. The van der Waals surface area contributed by atoms with Gasteiger partial charge in [0.2, 0.25) is 0 Å². The number of terminal acetylenes is 1. The zero-order chi connectivity index (χ0) is 21.9. The first-order valence-corrected chi connectivity index (χ1v) is 9.76. The number of carbonyl (C=O) groups is 1. The van der Waals surface area contributed by atoms with Crippen molar-refractivity contribution in [2.75, 3.05) is 10.7 Å². The van der Waals surface area contributed by atoms with Crippen LogP contribution in [0, 0.1) is 19.3 Å². The van der Waals surface area contributed by atoms with Crippen molar-refractivity contribution in [1.29, 1.82) is 0 Å². The minimum absolute atomic E-state index is 0.0332. The molecule has 0 aromatic heterocycles. The number of allylic oxidation sites excluding steroid dienone is 3. The van der Waals surface area contributed by atoms with Crippen molar-refractivity contribution in [3.05, 3.63) is 83.0 Å². The topological polar surface area (TPSA) is 76.4 Å². The SMILES string of the molecule is C#CC(/C=C\C=C(/C)C(C)=O)OCc1ccc(CNc2ccccc2NN)cc1C. The molecular formula is C25H29N3O2. The summed E-state index contributed by atoms with van der Waals surface area (Å²) < 4.78 is 5.83. The maximum atomic E-state index is 11.2. The molecule has 1 unspecified atom stereocenters. The molecule has 1 atom stereocenters. The summed E-state index contributed by atoms with van der Waals surface area (Å²) in [7, 11) is 0. The molecule has 2 aromatic carbocycles. The fourth-order valence-corrected chi connectivity index (χ4v) is 2.75. The number of Topliss-reactive ketones (excluding diaryl/α,β-unsaturated/α-hetero) is 1. The average molecular weight is 404 g/mol. The third kappa shape index (κ3) is 6.93. The van der Waals surface area contributed by atoms with Crippen LogP contribution in [0.1, 0.15) is 30.5 Å². The van der Waals surface area contributed by atoms with Gasteiger partial charge >= 0.3 is 0 Å². The quantitative estimate of drug-likeness (QED) is 0.179. The maximum Gasteiger partial charge on any atom is 0.155 e. The van der Waals surface area contributed by atoms with Gasteiger partial charge in [-0.15, -0.1) is 6.42 Å². The van der Waals surface area contributed by atoms with Gasteiger partial charge in [0.25, 0.3) is 0 Å². The van der Waals surface area contributed by atoms with E-state index < -0.39 is 6.10 Å². The number of anilines is 2. The fraction of sp³-hybridized carbons (Fsp3) is 0.240. The number of hydrogen-bond acceptors (Lipinski definition) is 5. The van der Waals surface area contributed by atoms with Crippen molar-refractivity contribution < 1.29 is 9.53 Å². The second-order valence-corrected chi connectivity index (χ2v) is 6.99. The van der Waals surface area contributed by atoms with E-state index in [-0.39, 0.29) is 5.78 Å². The van der Waals surface area contributed by atoms with Crippen LogP contribution in [-0.4, -0.2) is 11.9 Å². The Hall–Kier alpha value is -3.33. The number of aryl methyl sites for hydroxylation is 1. The van der Waals surface area contributed by atoms with Gasteiger partial charge in [-0.1, -0.05) is 48.4 Å². The first kappa shape index (κ1) is 23.0. The van der Waals surface area contributed by atoms with Gasteiger partial charge in [-0.05, 0) is 61.2 Å². The summed E-state index contributed by atoms with van der Waals surface area (Å²) in [5, 5.41) is 3.39. The van der Waals surface area contributed by atoms with Crippen LogP contribution in [0.3, 0.4) is 0 Å². The monoisotopic (exact) mass is 403 g/mol. The van der Waals surface area contributed by atoms with Crippen molar-refractivity contribution >= 4 is 17.2 Å². The molecule has 2 rings (SSSR count). The van der Waals surface area contributed by atoms with Crippen LogP contribution in [0.4, 0.5) is 11.4 Å². The van der Waals surface area contributed by atoms with Gasteiger partial charge in [0.1, 0.15) is 6.10 Å². The summed E-state index contributed by atoms with van der Waals surface area (Å²) in [5.41, 5.74) is 8.52. The summed E-state index contributed by atoms with van der Waals surface area (Å²) in [6.07, 6.45) is 10.4. The van der Waals surface area contributed by atoms with Crippen LogP contribution in [0.5, 0.6) is 0 Å². The van der Waals surface area contributed by atoms with Crippen LogP contribution >= 0.6 is 0 Å². The number of nitrogens with two attached hydrogens (primary N) is 1. The Labute approximate surface area is 179 Å². The summed E-state index contributed by atoms with van der Waals surface area (Å²) in [5.74, 6) is 8.19. The number of hydrazine groups is 1. The Morgan fingerprint density at radius 3 is 2.60 bits per heavy atom. The molecule has 0 saturated carbocycles. The Balaban J connectivity index is 1.95. The molecule has 156 valence electrons. The zero-order valence-corrected chi connectivity index (χ0v) is 17.7. The van der Waals surface area contributed by atoms with Crippen molar-refractivity contribution in [2.45, 2.75) is 40.0 Å². The Morgan fingerprint density at radius 1 is 1.23 bits per heavy atom. The van der Waals surface area contributed by atoms with Gasteiger partial charge in [0, 0.05) is 6.54 Å². The Morgan fingerprint density at radius 2 is 1.97 bits per heavy atom. The smallest absolute Gasteiger partial charge is 0.155 e. The lowest BCUT2D eigenvalue weighted by atomic mass is 10.1. The van der Waals surface area contributed by atoms with Gasteiger partial charge in [-0.2, -0.15) is 0 Å². The van der Waals surface area contributed by atoms with Crippen molar-refractivity contribution in [1.82, 2.24) is 0 Å². The maximum absolute atomic E-state index is 11.2. The Kier molecular flexibility index (Phi) is 8.89. The lowest BCUT2D eigenvalue weighted by Gasteiger charge is -2.14. The number of hydrogen-bond donors (Lipinski definition) is 3. The van der Waals surface area contributed by atoms with Crippen molar-refractivity contribution in [3.63, 3.8) is 0 Å². The van der Waals surface area contributed by atoms with Crippen LogP contribution in [0.2, 0.25) is 0 Å². The van der Waals surface area contributed by atoms with Gasteiger partial charge in [-0.3, -0.25) is 10.6 Å². The van der Waals surface area contributed by atoms with Crippen molar-refractivity contribution in [2.24, 2.45) is 5.84 Å². The van der Waals surface area contributed by atoms with E-state index in [4.69, 9.17) is 17.0 Å². The second kappa shape index (κ2) is 11.6. The average Bonchev–Trinajstić information content (AvgIpc) is 2.75. The zero-order valence-electron chi connectivity index (χ0n) is 17.7. The highest BCUT2D eigenvalue weighted by atomic mass is 16.5. The fourth-order valence-electron chi connectivity index (χ4n) is 2.75. The van der Waals surface area contributed by atoms with Crippen LogP contribution < -0.4 is 16.6 Å². The van der Waals surface area contributed by atoms with E-state index in [1.165, 1.54) is 6.92 Å².